The summed E-state index contributed by atoms with van der Waals surface area (Å²) in [4.78, 5) is 21.0. The number of benzene rings is 1. The summed E-state index contributed by atoms with van der Waals surface area (Å²) >= 11 is 7.47. The minimum Gasteiger partial charge on any atom is -0.434 e. The highest BCUT2D eigenvalue weighted by Crippen LogP contribution is 2.29. The van der Waals surface area contributed by atoms with Gasteiger partial charge in [-0.2, -0.15) is 5.10 Å². The quantitative estimate of drug-likeness (QED) is 0.379. The number of hydrogen-bond acceptors (Lipinski definition) is 8. The van der Waals surface area contributed by atoms with Gasteiger partial charge in [-0.05, 0) is 43.3 Å². The summed E-state index contributed by atoms with van der Waals surface area (Å²) in [5.41, 5.74) is 2.54. The molecular weight excluding hydrogens is 448 g/mol. The largest absolute Gasteiger partial charge is 0.434 e. The van der Waals surface area contributed by atoms with E-state index in [0.29, 0.717) is 33.1 Å². The van der Waals surface area contributed by atoms with Crippen LogP contribution in [0.15, 0.2) is 70.1 Å². The first-order valence-electron chi connectivity index (χ1n) is 9.61. The minimum atomic E-state index is -0.251. The fourth-order valence-electron chi connectivity index (χ4n) is 3.11. The summed E-state index contributed by atoms with van der Waals surface area (Å²) in [6.45, 7) is 2.02. The van der Waals surface area contributed by atoms with Gasteiger partial charge in [-0.25, -0.2) is 9.67 Å². The number of pyridine rings is 1. The number of hydrogen-bond donors (Lipinski definition) is 0. The molecule has 32 heavy (non-hydrogen) atoms. The van der Waals surface area contributed by atoms with Crippen LogP contribution in [0.4, 0.5) is 0 Å². The van der Waals surface area contributed by atoms with Crippen LogP contribution in [-0.4, -0.2) is 29.9 Å². The summed E-state index contributed by atoms with van der Waals surface area (Å²) < 4.78 is 7.31. The van der Waals surface area contributed by atoms with Crippen molar-refractivity contribution in [1.29, 1.82) is 0 Å². The Morgan fingerprint density at radius 3 is 2.78 bits per heavy atom. The number of rotatable bonds is 5. The lowest BCUT2D eigenvalue weighted by atomic mass is 10.2. The summed E-state index contributed by atoms with van der Waals surface area (Å²) in [5, 5.41) is 14.8. The first-order valence-corrected chi connectivity index (χ1v) is 10.8. The van der Waals surface area contributed by atoms with E-state index in [9.17, 15) is 4.79 Å². The third-order valence-corrected chi connectivity index (χ3v) is 5.82. The fourth-order valence-corrected chi connectivity index (χ4v) is 4.12. The Hall–Kier alpha value is -3.69. The third-order valence-electron chi connectivity index (χ3n) is 4.63. The summed E-state index contributed by atoms with van der Waals surface area (Å²) in [6, 6.07) is 14.1. The molecule has 4 aromatic heterocycles. The van der Waals surface area contributed by atoms with E-state index in [0.717, 1.165) is 16.1 Å². The lowest BCUT2D eigenvalue weighted by Gasteiger charge is -2.04. The van der Waals surface area contributed by atoms with Gasteiger partial charge in [0.05, 0.1) is 12.2 Å². The van der Waals surface area contributed by atoms with Gasteiger partial charge in [-0.3, -0.25) is 9.78 Å². The molecule has 0 aliphatic carbocycles. The molecule has 0 saturated carbocycles. The second-order valence-corrected chi connectivity index (χ2v) is 8.40. The van der Waals surface area contributed by atoms with Crippen molar-refractivity contribution < 1.29 is 4.42 Å². The third kappa shape index (κ3) is 4.08. The molecule has 0 N–H and O–H groups in total. The zero-order chi connectivity index (χ0) is 22.1. The molecule has 0 radical (unpaired) electrons. The molecule has 0 fully saturated rings. The smallest absolute Gasteiger partial charge is 0.267 e. The minimum absolute atomic E-state index is 0.193. The molecule has 0 unspecified atom stereocenters. The Morgan fingerprint density at radius 1 is 1.09 bits per heavy atom. The normalized spacial score (nSPS) is 11.1. The number of aryl methyl sites for hydroxylation is 1. The van der Waals surface area contributed by atoms with Gasteiger partial charge in [-0.1, -0.05) is 29.0 Å². The Labute approximate surface area is 191 Å². The van der Waals surface area contributed by atoms with Gasteiger partial charge in [0, 0.05) is 34.6 Å². The molecular formula is C22H15ClN6O2S. The van der Waals surface area contributed by atoms with Crippen LogP contribution >= 0.6 is 22.9 Å². The van der Waals surface area contributed by atoms with Crippen molar-refractivity contribution in [2.45, 2.75) is 13.5 Å². The Balaban J connectivity index is 1.45. The van der Waals surface area contributed by atoms with Crippen molar-refractivity contribution in [1.82, 2.24) is 29.9 Å². The molecule has 0 aliphatic heterocycles. The Bertz CT molecular complexity index is 1460. The molecule has 0 amide bonds. The monoisotopic (exact) mass is 462 g/mol. The summed E-state index contributed by atoms with van der Waals surface area (Å²) in [7, 11) is 0. The van der Waals surface area contributed by atoms with E-state index in [1.807, 2.05) is 31.2 Å². The molecule has 4 heterocycles. The summed E-state index contributed by atoms with van der Waals surface area (Å²) in [5.74, 6) is 0.923. The molecule has 0 atom stereocenters. The van der Waals surface area contributed by atoms with Gasteiger partial charge in [0.2, 0.25) is 5.89 Å². The van der Waals surface area contributed by atoms with Crippen molar-refractivity contribution in [3.05, 3.63) is 87.0 Å². The van der Waals surface area contributed by atoms with E-state index in [-0.39, 0.29) is 12.1 Å². The molecule has 5 aromatic rings. The lowest BCUT2D eigenvalue weighted by molar-refractivity contribution is 0.573. The molecule has 0 spiro atoms. The Morgan fingerprint density at radius 2 is 1.97 bits per heavy atom. The van der Waals surface area contributed by atoms with Crippen LogP contribution in [-0.2, 0) is 6.54 Å². The second kappa shape index (κ2) is 8.45. The van der Waals surface area contributed by atoms with Crippen molar-refractivity contribution in [2.75, 3.05) is 0 Å². The summed E-state index contributed by atoms with van der Waals surface area (Å²) in [6.07, 6.45) is 3.42. The Kier molecular flexibility index (Phi) is 5.34. The number of nitrogens with zero attached hydrogens (tertiary/aromatic N) is 6. The van der Waals surface area contributed by atoms with E-state index in [2.05, 4.69) is 25.3 Å². The van der Waals surface area contributed by atoms with Gasteiger partial charge < -0.3 is 4.42 Å². The number of oxazole rings is 1. The van der Waals surface area contributed by atoms with Gasteiger partial charge in [0.25, 0.3) is 5.56 Å². The van der Waals surface area contributed by atoms with Crippen molar-refractivity contribution >= 4 is 22.9 Å². The van der Waals surface area contributed by atoms with Crippen molar-refractivity contribution in [2.24, 2.45) is 0 Å². The maximum absolute atomic E-state index is 12.4. The first kappa shape index (κ1) is 20.2. The van der Waals surface area contributed by atoms with E-state index in [1.165, 1.54) is 22.1 Å². The predicted octanol–water partition coefficient (Wildman–Crippen LogP) is 4.49. The topological polar surface area (TPSA) is 99.6 Å². The van der Waals surface area contributed by atoms with Crippen LogP contribution in [0.5, 0.6) is 0 Å². The highest BCUT2D eigenvalue weighted by Gasteiger charge is 2.17. The molecule has 0 bridgehead atoms. The SMILES string of the molecule is Cc1nc(-c2cccc(Cl)c2)oc1-c1ccc(=O)n(Cc2nnc(-c3cccnc3)s2)n1. The standard InChI is InChI=1S/C22H15ClN6O2S/c1-13-20(31-21(25-13)14-4-2-6-16(23)10-14)17-7-8-19(30)29(28-17)12-18-26-27-22(32-18)15-5-3-9-24-11-15/h2-11H,12H2,1H3. The van der Waals surface area contributed by atoms with Crippen LogP contribution in [0.2, 0.25) is 5.02 Å². The maximum Gasteiger partial charge on any atom is 0.267 e. The predicted molar refractivity (Wildman–Crippen MR) is 121 cm³/mol. The average molecular weight is 463 g/mol. The number of halogens is 1. The highest BCUT2D eigenvalue weighted by molar-refractivity contribution is 7.14. The zero-order valence-corrected chi connectivity index (χ0v) is 18.3. The van der Waals surface area contributed by atoms with E-state index >= 15 is 0 Å². The van der Waals surface area contributed by atoms with Gasteiger partial charge in [0.1, 0.15) is 15.7 Å². The molecule has 1 aromatic carbocycles. The van der Waals surface area contributed by atoms with Crippen LogP contribution in [0.3, 0.4) is 0 Å². The molecule has 158 valence electrons. The zero-order valence-electron chi connectivity index (χ0n) is 16.8. The number of aromatic nitrogens is 6. The van der Waals surface area contributed by atoms with Crippen LogP contribution < -0.4 is 5.56 Å². The van der Waals surface area contributed by atoms with E-state index in [4.69, 9.17) is 16.0 Å². The van der Waals surface area contributed by atoms with E-state index < -0.39 is 0 Å². The first-order chi connectivity index (χ1) is 15.6. The van der Waals surface area contributed by atoms with Gasteiger partial charge >= 0.3 is 0 Å². The maximum atomic E-state index is 12.4. The molecule has 10 heteroatoms. The van der Waals surface area contributed by atoms with E-state index in [1.54, 1.807) is 30.6 Å². The van der Waals surface area contributed by atoms with Crippen LogP contribution in [0.25, 0.3) is 33.5 Å². The molecule has 8 nitrogen and oxygen atoms in total. The molecule has 5 rings (SSSR count). The second-order valence-electron chi connectivity index (χ2n) is 6.90. The fraction of sp³-hybridized carbons (Fsp3) is 0.0909. The highest BCUT2D eigenvalue weighted by atomic mass is 35.5. The van der Waals surface area contributed by atoms with Gasteiger partial charge in [-0.15, -0.1) is 10.2 Å². The average Bonchev–Trinajstić information content (AvgIpc) is 3.43. The van der Waals surface area contributed by atoms with Gasteiger partial charge in [0.15, 0.2) is 5.76 Å². The van der Waals surface area contributed by atoms with Crippen molar-refractivity contribution in [3.8, 4) is 33.5 Å². The van der Waals surface area contributed by atoms with Crippen LogP contribution in [0, 0.1) is 6.92 Å². The van der Waals surface area contributed by atoms with Crippen LogP contribution in [0.1, 0.15) is 10.7 Å². The molecule has 0 aliphatic rings. The molecule has 0 saturated heterocycles. The van der Waals surface area contributed by atoms with Crippen molar-refractivity contribution in [3.63, 3.8) is 0 Å². The lowest BCUT2D eigenvalue weighted by Crippen LogP contribution is -2.22.